The average molecular weight is 454 g/mol. The van der Waals surface area contributed by atoms with E-state index in [0.717, 1.165) is 21.6 Å². The number of halogens is 1. The number of nitrogens with one attached hydrogen (secondary N) is 1. The Kier molecular flexibility index (Phi) is 5.56. The lowest BCUT2D eigenvalue weighted by Gasteiger charge is -2.09. The highest BCUT2D eigenvalue weighted by atomic mass is 35.5. The number of hydrogen-bond donors (Lipinski definition) is 1. The van der Waals surface area contributed by atoms with Gasteiger partial charge in [0, 0.05) is 27.7 Å². The molecule has 8 heteroatoms. The summed E-state index contributed by atoms with van der Waals surface area (Å²) in [6.45, 7) is 5.68. The lowest BCUT2D eigenvalue weighted by atomic mass is 10.0. The van der Waals surface area contributed by atoms with Gasteiger partial charge in [0.15, 0.2) is 0 Å². The van der Waals surface area contributed by atoms with Crippen LogP contribution < -0.4 is 5.32 Å². The number of benzene rings is 1. The van der Waals surface area contributed by atoms with Gasteiger partial charge in [-0.3, -0.25) is 9.20 Å². The van der Waals surface area contributed by atoms with Crippen molar-refractivity contribution in [3.05, 3.63) is 75.0 Å². The van der Waals surface area contributed by atoms with Gasteiger partial charge in [-0.25, -0.2) is 9.78 Å². The van der Waals surface area contributed by atoms with Gasteiger partial charge in [-0.05, 0) is 32.4 Å². The minimum atomic E-state index is -0.503. The highest BCUT2D eigenvalue weighted by molar-refractivity contribution is 7.17. The molecular formula is C23H20ClN3O3S. The highest BCUT2D eigenvalue weighted by Gasteiger charge is 2.26. The molecule has 0 saturated heterocycles. The molecule has 3 aromatic heterocycles. The van der Waals surface area contributed by atoms with Crippen LogP contribution in [0, 0.1) is 20.8 Å². The maximum absolute atomic E-state index is 13.2. The molecule has 0 bridgehead atoms. The molecule has 0 aliphatic heterocycles. The van der Waals surface area contributed by atoms with E-state index in [1.54, 1.807) is 29.7 Å². The molecule has 1 amide bonds. The predicted molar refractivity (Wildman–Crippen MR) is 123 cm³/mol. The molecule has 31 heavy (non-hydrogen) atoms. The van der Waals surface area contributed by atoms with Gasteiger partial charge in [-0.1, -0.05) is 41.4 Å². The van der Waals surface area contributed by atoms with Crippen LogP contribution in [0.3, 0.4) is 0 Å². The summed E-state index contributed by atoms with van der Waals surface area (Å²) >= 11 is 7.39. The summed E-state index contributed by atoms with van der Waals surface area (Å²) in [5.41, 5.74) is 4.63. The number of carbonyl (C=O) groups excluding carboxylic acids is 2. The number of aromatic nitrogens is 2. The smallest absolute Gasteiger partial charge is 0.341 e. The van der Waals surface area contributed by atoms with Crippen LogP contribution in [0.4, 0.5) is 5.00 Å². The van der Waals surface area contributed by atoms with E-state index in [9.17, 15) is 9.59 Å². The number of amides is 1. The van der Waals surface area contributed by atoms with Crippen LogP contribution in [0.15, 0.2) is 42.6 Å². The fraction of sp³-hybridized carbons (Fsp3) is 0.174. The number of nitrogens with zero attached hydrogens (tertiary/aromatic N) is 2. The summed E-state index contributed by atoms with van der Waals surface area (Å²) < 4.78 is 6.72. The zero-order valence-electron chi connectivity index (χ0n) is 17.4. The van der Waals surface area contributed by atoms with E-state index in [4.69, 9.17) is 16.3 Å². The molecular weight excluding hydrogens is 434 g/mol. The van der Waals surface area contributed by atoms with Crippen molar-refractivity contribution >= 4 is 45.5 Å². The molecule has 1 N–H and O–H groups in total. The van der Waals surface area contributed by atoms with Crippen LogP contribution >= 0.6 is 22.9 Å². The Hall–Kier alpha value is -3.16. The first-order chi connectivity index (χ1) is 14.8. The highest BCUT2D eigenvalue weighted by Crippen LogP contribution is 2.40. The van der Waals surface area contributed by atoms with E-state index in [2.05, 4.69) is 10.3 Å². The van der Waals surface area contributed by atoms with Crippen molar-refractivity contribution in [3.63, 3.8) is 0 Å². The molecule has 0 spiro atoms. The molecule has 0 fully saturated rings. The molecule has 0 saturated carbocycles. The van der Waals surface area contributed by atoms with Crippen molar-refractivity contribution in [1.29, 1.82) is 0 Å². The van der Waals surface area contributed by atoms with Crippen LogP contribution in [0.5, 0.6) is 0 Å². The summed E-state index contributed by atoms with van der Waals surface area (Å²) in [5.74, 6) is -0.869. The van der Waals surface area contributed by atoms with Crippen molar-refractivity contribution in [2.24, 2.45) is 0 Å². The minimum absolute atomic E-state index is 0.344. The van der Waals surface area contributed by atoms with Gasteiger partial charge in [0.1, 0.15) is 21.9 Å². The Morgan fingerprint density at radius 2 is 1.84 bits per heavy atom. The molecule has 0 radical (unpaired) electrons. The number of esters is 1. The summed E-state index contributed by atoms with van der Waals surface area (Å²) in [6, 6.07) is 11.3. The second kappa shape index (κ2) is 8.17. The van der Waals surface area contributed by atoms with Crippen LogP contribution in [-0.4, -0.2) is 28.4 Å². The normalized spacial score (nSPS) is 11.0. The van der Waals surface area contributed by atoms with Crippen molar-refractivity contribution < 1.29 is 14.3 Å². The van der Waals surface area contributed by atoms with Crippen molar-refractivity contribution in [3.8, 4) is 11.1 Å². The standard InChI is InChI=1S/C23H20ClN3O3S/c1-12-5-7-15(8-6-12)18-14(3)31-22(19(18)23(29)30-4)26-21(28)20-13(2)25-17-11-16(24)9-10-27(17)20/h5-11H,1-4H3,(H,26,28). The molecule has 4 aromatic rings. The number of pyridine rings is 1. The number of hydrogen-bond acceptors (Lipinski definition) is 5. The number of imidazole rings is 1. The van der Waals surface area contributed by atoms with E-state index < -0.39 is 5.97 Å². The first-order valence-corrected chi connectivity index (χ1v) is 10.7. The number of ether oxygens (including phenoxy) is 1. The number of anilines is 1. The fourth-order valence-corrected chi connectivity index (χ4v) is 4.78. The first-order valence-electron chi connectivity index (χ1n) is 9.54. The van der Waals surface area contributed by atoms with Gasteiger partial charge in [0.05, 0.1) is 12.8 Å². The molecule has 1 aromatic carbocycles. The largest absolute Gasteiger partial charge is 0.465 e. The van der Waals surface area contributed by atoms with Crippen LogP contribution in [-0.2, 0) is 4.74 Å². The van der Waals surface area contributed by atoms with Crippen LogP contribution in [0.25, 0.3) is 16.8 Å². The predicted octanol–water partition coefficient (Wildman–Crippen LogP) is 5.68. The van der Waals surface area contributed by atoms with Gasteiger partial charge < -0.3 is 10.1 Å². The van der Waals surface area contributed by atoms with Crippen LogP contribution in [0.1, 0.15) is 37.0 Å². The number of fused-ring (bicyclic) bond motifs is 1. The third-order valence-electron chi connectivity index (χ3n) is 5.02. The lowest BCUT2D eigenvalue weighted by molar-refractivity contribution is 0.0603. The van der Waals surface area contributed by atoms with Crippen molar-refractivity contribution in [2.75, 3.05) is 12.4 Å². The Balaban J connectivity index is 1.79. The zero-order valence-corrected chi connectivity index (χ0v) is 19.0. The third kappa shape index (κ3) is 3.82. The number of aryl methyl sites for hydroxylation is 3. The van der Waals surface area contributed by atoms with E-state index in [1.807, 2.05) is 38.1 Å². The quantitative estimate of drug-likeness (QED) is 0.403. The number of carbonyl (C=O) groups is 2. The molecule has 0 aliphatic rings. The third-order valence-corrected chi connectivity index (χ3v) is 6.27. The van der Waals surface area contributed by atoms with E-state index in [1.165, 1.54) is 18.4 Å². The van der Waals surface area contributed by atoms with Gasteiger partial charge in [0.2, 0.25) is 0 Å². The molecule has 0 unspecified atom stereocenters. The maximum atomic E-state index is 13.2. The minimum Gasteiger partial charge on any atom is -0.465 e. The molecule has 4 rings (SSSR count). The summed E-state index contributed by atoms with van der Waals surface area (Å²) in [4.78, 5) is 31.2. The van der Waals surface area contributed by atoms with E-state index in [0.29, 0.717) is 32.6 Å². The summed E-state index contributed by atoms with van der Waals surface area (Å²) in [5, 5.41) is 3.88. The monoisotopic (exact) mass is 453 g/mol. The van der Waals surface area contributed by atoms with Crippen molar-refractivity contribution in [2.45, 2.75) is 20.8 Å². The molecule has 0 atom stereocenters. The Labute approximate surface area is 188 Å². The van der Waals surface area contributed by atoms with Crippen molar-refractivity contribution in [1.82, 2.24) is 9.38 Å². The molecule has 158 valence electrons. The van der Waals surface area contributed by atoms with E-state index in [-0.39, 0.29) is 5.91 Å². The fourth-order valence-electron chi connectivity index (χ4n) is 3.57. The molecule has 0 aliphatic carbocycles. The Morgan fingerprint density at radius 3 is 2.52 bits per heavy atom. The Bertz CT molecular complexity index is 1320. The van der Waals surface area contributed by atoms with Gasteiger partial charge >= 0.3 is 5.97 Å². The van der Waals surface area contributed by atoms with Crippen LogP contribution in [0.2, 0.25) is 5.02 Å². The number of thiophene rings is 1. The lowest BCUT2D eigenvalue weighted by Crippen LogP contribution is -2.17. The second-order valence-corrected chi connectivity index (χ2v) is 8.83. The summed E-state index contributed by atoms with van der Waals surface area (Å²) in [6.07, 6.45) is 1.70. The first kappa shape index (κ1) is 21.1. The second-order valence-electron chi connectivity index (χ2n) is 7.17. The topological polar surface area (TPSA) is 72.7 Å². The number of rotatable bonds is 4. The van der Waals surface area contributed by atoms with E-state index >= 15 is 0 Å². The molecule has 3 heterocycles. The molecule has 6 nitrogen and oxygen atoms in total. The zero-order chi connectivity index (χ0) is 22.3. The maximum Gasteiger partial charge on any atom is 0.341 e. The van der Waals surface area contributed by atoms with Gasteiger partial charge in [-0.15, -0.1) is 11.3 Å². The number of methoxy groups -OCH3 is 1. The average Bonchev–Trinajstić information content (AvgIpc) is 3.23. The Morgan fingerprint density at radius 1 is 1.13 bits per heavy atom. The van der Waals surface area contributed by atoms with Gasteiger partial charge in [-0.2, -0.15) is 0 Å². The summed E-state index contributed by atoms with van der Waals surface area (Å²) in [7, 11) is 1.33. The van der Waals surface area contributed by atoms with Gasteiger partial charge in [0.25, 0.3) is 5.91 Å². The SMILES string of the molecule is COC(=O)c1c(NC(=O)c2c(C)nc3cc(Cl)ccn23)sc(C)c1-c1ccc(C)cc1.